The highest BCUT2D eigenvalue weighted by molar-refractivity contribution is 9.10. The SMILES string of the molecule is CCOc1cc(C=Nc2cc3c4c(c2)C(c2ccccc2)CCN4CCC3c2ccccc2)cc(Br)c1OCc1ccc(Br)cc1. The van der Waals surface area contributed by atoms with Gasteiger partial charge in [0.15, 0.2) is 11.5 Å². The number of hydrogen-bond donors (Lipinski definition) is 0. The van der Waals surface area contributed by atoms with Crippen molar-refractivity contribution in [2.45, 2.75) is 38.2 Å². The van der Waals surface area contributed by atoms with Gasteiger partial charge in [-0.3, -0.25) is 4.99 Å². The quantitative estimate of drug-likeness (QED) is 0.141. The molecule has 0 aromatic heterocycles. The summed E-state index contributed by atoms with van der Waals surface area (Å²) < 4.78 is 14.2. The van der Waals surface area contributed by atoms with Crippen LogP contribution in [0.1, 0.15) is 65.0 Å². The van der Waals surface area contributed by atoms with Gasteiger partial charge in [0.05, 0.1) is 16.8 Å². The van der Waals surface area contributed by atoms with Crippen molar-refractivity contribution in [2.24, 2.45) is 4.99 Å². The molecule has 2 aliphatic heterocycles. The third-order valence-electron chi connectivity index (χ3n) is 8.99. The Morgan fingerprint density at radius 1 is 0.761 bits per heavy atom. The lowest BCUT2D eigenvalue weighted by molar-refractivity contribution is 0.267. The normalized spacial score (nSPS) is 17.2. The van der Waals surface area contributed by atoms with Crippen LogP contribution in [-0.2, 0) is 6.61 Å². The minimum Gasteiger partial charge on any atom is -0.490 e. The van der Waals surface area contributed by atoms with Crippen molar-refractivity contribution in [3.63, 3.8) is 0 Å². The Morgan fingerprint density at radius 2 is 1.37 bits per heavy atom. The van der Waals surface area contributed by atoms with Gasteiger partial charge in [-0.1, -0.05) is 88.7 Å². The molecule has 4 nitrogen and oxygen atoms in total. The molecule has 0 saturated carbocycles. The van der Waals surface area contributed by atoms with Crippen molar-refractivity contribution < 1.29 is 9.47 Å². The van der Waals surface area contributed by atoms with Gasteiger partial charge in [0.2, 0.25) is 0 Å². The van der Waals surface area contributed by atoms with Crippen molar-refractivity contribution in [1.82, 2.24) is 0 Å². The number of benzene rings is 5. The number of rotatable bonds is 9. The highest BCUT2D eigenvalue weighted by Crippen LogP contribution is 2.50. The molecule has 0 bridgehead atoms. The third-order valence-corrected chi connectivity index (χ3v) is 10.1. The van der Waals surface area contributed by atoms with E-state index in [9.17, 15) is 0 Å². The summed E-state index contributed by atoms with van der Waals surface area (Å²) in [6.07, 6.45) is 4.15. The van der Waals surface area contributed by atoms with E-state index in [0.29, 0.717) is 36.5 Å². The van der Waals surface area contributed by atoms with Gasteiger partial charge in [-0.05, 0) is 105 Å². The summed E-state index contributed by atoms with van der Waals surface area (Å²) >= 11 is 7.25. The topological polar surface area (TPSA) is 34.1 Å². The van der Waals surface area contributed by atoms with Crippen molar-refractivity contribution in [3.05, 3.63) is 152 Å². The maximum Gasteiger partial charge on any atom is 0.175 e. The first-order chi connectivity index (χ1) is 22.6. The second-order valence-corrected chi connectivity index (χ2v) is 13.7. The summed E-state index contributed by atoms with van der Waals surface area (Å²) in [5, 5.41) is 0. The Morgan fingerprint density at radius 3 is 1.96 bits per heavy atom. The lowest BCUT2D eigenvalue weighted by Crippen LogP contribution is -2.37. The predicted molar refractivity (Wildman–Crippen MR) is 195 cm³/mol. The maximum absolute atomic E-state index is 6.24. The smallest absolute Gasteiger partial charge is 0.175 e. The third kappa shape index (κ3) is 6.51. The summed E-state index contributed by atoms with van der Waals surface area (Å²) in [6.45, 7) is 5.12. The van der Waals surface area contributed by atoms with Crippen molar-refractivity contribution in [3.8, 4) is 11.5 Å². The number of hydrogen-bond acceptors (Lipinski definition) is 4. The Balaban J connectivity index is 1.25. The molecule has 0 amide bonds. The Labute approximate surface area is 288 Å². The average Bonchev–Trinajstić information content (AvgIpc) is 3.09. The Hall–Kier alpha value is -3.87. The summed E-state index contributed by atoms with van der Waals surface area (Å²) in [6, 6.07) is 38.8. The van der Waals surface area contributed by atoms with Crippen LogP contribution in [0.25, 0.3) is 0 Å². The van der Waals surface area contributed by atoms with Crippen LogP contribution in [0.4, 0.5) is 11.4 Å². The summed E-state index contributed by atoms with van der Waals surface area (Å²) in [5.74, 6) is 2.07. The van der Waals surface area contributed by atoms with Crippen molar-refractivity contribution >= 4 is 49.4 Å². The summed E-state index contributed by atoms with van der Waals surface area (Å²) in [7, 11) is 0. The first-order valence-electron chi connectivity index (χ1n) is 16.0. The molecule has 6 heteroatoms. The second-order valence-electron chi connectivity index (χ2n) is 11.9. The Bertz CT molecular complexity index is 1770. The van der Waals surface area contributed by atoms with Crippen LogP contribution in [0.2, 0.25) is 0 Å². The molecule has 46 heavy (non-hydrogen) atoms. The van der Waals surface area contributed by atoms with E-state index in [1.54, 1.807) is 0 Å². The van der Waals surface area contributed by atoms with Gasteiger partial charge in [-0.2, -0.15) is 0 Å². The van der Waals surface area contributed by atoms with Gasteiger partial charge in [-0.25, -0.2) is 0 Å². The van der Waals surface area contributed by atoms with Crippen LogP contribution >= 0.6 is 31.9 Å². The predicted octanol–water partition coefficient (Wildman–Crippen LogP) is 10.8. The molecular formula is C40H36Br2N2O2. The molecule has 0 radical (unpaired) electrons. The molecule has 2 unspecified atom stereocenters. The first-order valence-corrected chi connectivity index (χ1v) is 17.6. The largest absolute Gasteiger partial charge is 0.490 e. The molecule has 2 aliphatic rings. The molecule has 0 fully saturated rings. The number of anilines is 1. The average molecular weight is 737 g/mol. The fraction of sp³-hybridized carbons (Fsp3) is 0.225. The zero-order valence-corrected chi connectivity index (χ0v) is 29.0. The van der Waals surface area contributed by atoms with E-state index < -0.39 is 0 Å². The molecule has 2 heterocycles. The minimum absolute atomic E-state index is 0.344. The van der Waals surface area contributed by atoms with Crippen LogP contribution in [0, 0.1) is 0 Å². The maximum atomic E-state index is 6.24. The summed E-state index contributed by atoms with van der Waals surface area (Å²) in [5.41, 5.74) is 9.93. The van der Waals surface area contributed by atoms with Gasteiger partial charge in [0.1, 0.15) is 6.61 Å². The van der Waals surface area contributed by atoms with E-state index in [2.05, 4.69) is 122 Å². The van der Waals surface area contributed by atoms with Crippen LogP contribution in [0.5, 0.6) is 11.5 Å². The second kappa shape index (κ2) is 13.9. The molecule has 5 aromatic rings. The molecule has 2 atom stereocenters. The summed E-state index contributed by atoms with van der Waals surface area (Å²) in [4.78, 5) is 7.71. The molecule has 7 rings (SSSR count). The molecular weight excluding hydrogens is 700 g/mol. The molecule has 0 aliphatic carbocycles. The fourth-order valence-corrected chi connectivity index (χ4v) is 7.70. The molecule has 0 spiro atoms. The molecule has 0 saturated heterocycles. The van der Waals surface area contributed by atoms with E-state index in [4.69, 9.17) is 14.5 Å². The van der Waals surface area contributed by atoms with Gasteiger partial charge in [0, 0.05) is 41.3 Å². The zero-order valence-electron chi connectivity index (χ0n) is 25.8. The lowest BCUT2D eigenvalue weighted by atomic mass is 9.76. The van der Waals surface area contributed by atoms with Gasteiger partial charge in [-0.15, -0.1) is 0 Å². The molecule has 0 N–H and O–H groups in total. The molecule has 5 aromatic carbocycles. The van der Waals surface area contributed by atoms with Gasteiger partial charge < -0.3 is 14.4 Å². The number of nitrogens with zero attached hydrogens (tertiary/aromatic N) is 2. The fourth-order valence-electron chi connectivity index (χ4n) is 6.86. The standard InChI is InChI=1S/C40H36Br2N2O2/c1-2-45-38-22-28(21-37(42)40(38)46-26-27-13-15-31(41)16-14-27)25-43-32-23-35-33(29-9-5-3-6-10-29)17-19-44-20-18-34(36(24-32)39(35)44)30-11-7-4-8-12-30/h3-16,21-25,33-34H,2,17-20,26H2,1H3. The highest BCUT2D eigenvalue weighted by atomic mass is 79.9. The van der Waals surface area contributed by atoms with Gasteiger partial charge >= 0.3 is 0 Å². The van der Waals surface area contributed by atoms with Crippen LogP contribution < -0.4 is 14.4 Å². The molecule has 232 valence electrons. The first kappa shape index (κ1) is 30.8. The van der Waals surface area contributed by atoms with E-state index in [-0.39, 0.29) is 0 Å². The van der Waals surface area contributed by atoms with E-state index >= 15 is 0 Å². The van der Waals surface area contributed by atoms with E-state index in [0.717, 1.165) is 51.7 Å². The van der Waals surface area contributed by atoms with Crippen molar-refractivity contribution in [1.29, 1.82) is 0 Å². The van der Waals surface area contributed by atoms with Crippen LogP contribution in [-0.4, -0.2) is 25.9 Å². The van der Waals surface area contributed by atoms with E-state index in [1.165, 1.54) is 27.9 Å². The van der Waals surface area contributed by atoms with Crippen LogP contribution in [0.15, 0.2) is 123 Å². The van der Waals surface area contributed by atoms with Gasteiger partial charge in [0.25, 0.3) is 0 Å². The van der Waals surface area contributed by atoms with Crippen LogP contribution in [0.3, 0.4) is 0 Å². The zero-order chi connectivity index (χ0) is 31.5. The number of halogens is 2. The monoisotopic (exact) mass is 734 g/mol. The highest BCUT2D eigenvalue weighted by Gasteiger charge is 2.35. The lowest BCUT2D eigenvalue weighted by Gasteiger charge is -2.43. The van der Waals surface area contributed by atoms with Crippen molar-refractivity contribution in [2.75, 3.05) is 24.6 Å². The minimum atomic E-state index is 0.344. The van der Waals surface area contributed by atoms with E-state index in [1.807, 2.05) is 37.4 Å². The Kier molecular flexibility index (Phi) is 9.27. The number of aliphatic imine (C=N–C) groups is 1. The number of ether oxygens (including phenoxy) is 2.